The van der Waals surface area contributed by atoms with Gasteiger partial charge in [-0.05, 0) is 30.5 Å². The van der Waals surface area contributed by atoms with Crippen LogP contribution in [-0.2, 0) is 4.74 Å². The average Bonchev–Trinajstić information content (AvgIpc) is 3.25. The lowest BCUT2D eigenvalue weighted by molar-refractivity contribution is 0.170. The third-order valence-corrected chi connectivity index (χ3v) is 5.03. The van der Waals surface area contributed by atoms with Crippen molar-refractivity contribution in [3.63, 3.8) is 0 Å². The maximum atomic E-state index is 12.6. The van der Waals surface area contributed by atoms with Crippen LogP contribution in [0.3, 0.4) is 0 Å². The first-order valence-corrected chi connectivity index (χ1v) is 8.54. The number of hydrogen-bond donors (Lipinski definition) is 2. The van der Waals surface area contributed by atoms with Crippen LogP contribution < -0.4 is 5.32 Å². The van der Waals surface area contributed by atoms with E-state index in [0.717, 1.165) is 25.0 Å². The van der Waals surface area contributed by atoms with Gasteiger partial charge in [0.05, 0.1) is 12.6 Å². The monoisotopic (exact) mass is 338 g/mol. The number of urea groups is 1. The van der Waals surface area contributed by atoms with Gasteiger partial charge in [-0.1, -0.05) is 23.7 Å². The van der Waals surface area contributed by atoms with Crippen molar-refractivity contribution in [2.45, 2.75) is 18.9 Å². The van der Waals surface area contributed by atoms with Gasteiger partial charge in [0.25, 0.3) is 0 Å². The van der Waals surface area contributed by atoms with E-state index in [1.54, 1.807) is 4.90 Å². The Hall–Kier alpha value is -1.30. The summed E-state index contributed by atoms with van der Waals surface area (Å²) in [6.07, 6.45) is 1.80. The Balaban J connectivity index is 1.71. The second-order valence-electron chi connectivity index (χ2n) is 6.39. The molecule has 126 valence electrons. The first kappa shape index (κ1) is 16.6. The lowest BCUT2D eigenvalue weighted by Gasteiger charge is -2.27. The van der Waals surface area contributed by atoms with E-state index in [9.17, 15) is 9.90 Å². The number of nitrogens with zero attached hydrogens (tertiary/aromatic N) is 1. The largest absolute Gasteiger partial charge is 0.396 e. The molecular weight excluding hydrogens is 316 g/mol. The van der Waals surface area contributed by atoms with Crippen molar-refractivity contribution in [3.8, 4) is 0 Å². The highest BCUT2D eigenvalue weighted by Gasteiger charge is 2.32. The number of rotatable bonds is 4. The van der Waals surface area contributed by atoms with Crippen molar-refractivity contribution in [1.82, 2.24) is 10.2 Å². The summed E-state index contributed by atoms with van der Waals surface area (Å²) >= 11 is 5.97. The number of hydrogen-bond acceptors (Lipinski definition) is 3. The maximum absolute atomic E-state index is 12.6. The number of nitrogens with one attached hydrogen (secondary N) is 1. The normalized spacial score (nSPS) is 25.6. The molecule has 0 unspecified atom stereocenters. The Morgan fingerprint density at radius 2 is 2.17 bits per heavy atom. The number of benzene rings is 1. The van der Waals surface area contributed by atoms with Crippen LogP contribution in [0.4, 0.5) is 4.79 Å². The third kappa shape index (κ3) is 3.97. The fourth-order valence-corrected chi connectivity index (χ4v) is 3.48. The van der Waals surface area contributed by atoms with E-state index < -0.39 is 0 Å². The molecule has 0 aromatic heterocycles. The van der Waals surface area contributed by atoms with Crippen LogP contribution in [0.1, 0.15) is 24.4 Å². The van der Waals surface area contributed by atoms with E-state index in [2.05, 4.69) is 5.32 Å². The first-order valence-electron chi connectivity index (χ1n) is 8.17. The molecule has 2 aliphatic rings. The van der Waals surface area contributed by atoms with Gasteiger partial charge in [0.2, 0.25) is 0 Å². The zero-order valence-electron chi connectivity index (χ0n) is 13.1. The predicted octanol–water partition coefficient (Wildman–Crippen LogP) is 2.44. The molecule has 2 saturated heterocycles. The summed E-state index contributed by atoms with van der Waals surface area (Å²) in [5.41, 5.74) is 1.05. The Bertz CT molecular complexity index is 531. The van der Waals surface area contributed by atoms with E-state index >= 15 is 0 Å². The van der Waals surface area contributed by atoms with Crippen LogP contribution in [0.5, 0.6) is 0 Å². The minimum absolute atomic E-state index is 0.0622. The lowest BCUT2D eigenvalue weighted by Crippen LogP contribution is -2.42. The number of amides is 2. The SMILES string of the molecule is O=C(N[C@H](c1ccc(Cl)cc1)[C@H]1CCOC1)N1CC[C@H](CO)C1. The summed E-state index contributed by atoms with van der Waals surface area (Å²) in [7, 11) is 0. The van der Waals surface area contributed by atoms with Gasteiger partial charge in [-0.3, -0.25) is 0 Å². The average molecular weight is 339 g/mol. The Labute approximate surface area is 141 Å². The van der Waals surface area contributed by atoms with Crippen molar-refractivity contribution in [2.75, 3.05) is 32.9 Å². The van der Waals surface area contributed by atoms with Crippen molar-refractivity contribution >= 4 is 17.6 Å². The molecule has 0 radical (unpaired) electrons. The standard InChI is InChI=1S/C17H23ClN2O3/c18-15-3-1-13(2-4-15)16(14-6-8-23-11-14)19-17(22)20-7-5-12(9-20)10-21/h1-4,12,14,16,21H,5-11H2,(H,19,22)/t12-,14-,16+/m0/s1. The van der Waals surface area contributed by atoms with Gasteiger partial charge >= 0.3 is 6.03 Å². The fraction of sp³-hybridized carbons (Fsp3) is 0.588. The number of aliphatic hydroxyl groups excluding tert-OH is 1. The molecule has 23 heavy (non-hydrogen) atoms. The van der Waals surface area contributed by atoms with Crippen molar-refractivity contribution in [3.05, 3.63) is 34.9 Å². The molecule has 2 N–H and O–H groups in total. The highest BCUT2D eigenvalue weighted by Crippen LogP contribution is 2.30. The summed E-state index contributed by atoms with van der Waals surface area (Å²) in [5, 5.41) is 13.1. The van der Waals surface area contributed by atoms with Crippen LogP contribution >= 0.6 is 11.6 Å². The highest BCUT2D eigenvalue weighted by atomic mass is 35.5. The van der Waals surface area contributed by atoms with Gasteiger partial charge in [-0.15, -0.1) is 0 Å². The van der Waals surface area contributed by atoms with Crippen LogP contribution in [0.2, 0.25) is 5.02 Å². The summed E-state index contributed by atoms with van der Waals surface area (Å²) in [4.78, 5) is 14.4. The van der Waals surface area contributed by atoms with E-state index in [4.69, 9.17) is 16.3 Å². The van der Waals surface area contributed by atoms with Gasteiger partial charge in [0, 0.05) is 43.2 Å². The smallest absolute Gasteiger partial charge is 0.317 e. The fourth-order valence-electron chi connectivity index (χ4n) is 3.35. The van der Waals surface area contributed by atoms with E-state index in [1.807, 2.05) is 24.3 Å². The Kier molecular flexibility index (Phi) is 5.41. The topological polar surface area (TPSA) is 61.8 Å². The maximum Gasteiger partial charge on any atom is 0.317 e. The van der Waals surface area contributed by atoms with Crippen LogP contribution in [-0.4, -0.2) is 48.9 Å². The minimum Gasteiger partial charge on any atom is -0.396 e. The molecule has 0 saturated carbocycles. The van der Waals surface area contributed by atoms with Crippen molar-refractivity contribution in [1.29, 1.82) is 0 Å². The zero-order chi connectivity index (χ0) is 16.2. The van der Waals surface area contributed by atoms with Crippen LogP contribution in [0, 0.1) is 11.8 Å². The quantitative estimate of drug-likeness (QED) is 0.886. The molecule has 2 heterocycles. The van der Waals surface area contributed by atoms with Crippen molar-refractivity contribution < 1.29 is 14.6 Å². The molecule has 0 spiro atoms. The van der Waals surface area contributed by atoms with Crippen molar-refractivity contribution in [2.24, 2.45) is 11.8 Å². The number of ether oxygens (including phenoxy) is 1. The molecule has 3 rings (SSSR count). The third-order valence-electron chi connectivity index (χ3n) is 4.78. The highest BCUT2D eigenvalue weighted by molar-refractivity contribution is 6.30. The molecule has 2 fully saturated rings. The molecule has 3 atom stereocenters. The molecule has 0 bridgehead atoms. The van der Waals surface area contributed by atoms with Gasteiger partial charge < -0.3 is 20.1 Å². The Morgan fingerprint density at radius 1 is 1.39 bits per heavy atom. The molecule has 1 aromatic carbocycles. The first-order chi connectivity index (χ1) is 11.2. The number of aliphatic hydroxyl groups is 1. The number of carbonyl (C=O) groups excluding carboxylic acids is 1. The zero-order valence-corrected chi connectivity index (χ0v) is 13.8. The summed E-state index contributed by atoms with van der Waals surface area (Å²) in [6, 6.07) is 7.49. The minimum atomic E-state index is -0.0737. The summed E-state index contributed by atoms with van der Waals surface area (Å²) in [6.45, 7) is 2.86. The summed E-state index contributed by atoms with van der Waals surface area (Å²) < 4.78 is 5.50. The van der Waals surface area contributed by atoms with Crippen LogP contribution in [0.25, 0.3) is 0 Å². The van der Waals surface area contributed by atoms with E-state index in [0.29, 0.717) is 24.7 Å². The number of carbonyl (C=O) groups is 1. The molecule has 1 aromatic rings. The van der Waals surface area contributed by atoms with E-state index in [-0.39, 0.29) is 30.5 Å². The van der Waals surface area contributed by atoms with Crippen LogP contribution in [0.15, 0.2) is 24.3 Å². The second kappa shape index (κ2) is 7.51. The molecule has 2 amide bonds. The molecular formula is C17H23ClN2O3. The van der Waals surface area contributed by atoms with Gasteiger partial charge in [0.1, 0.15) is 0 Å². The lowest BCUT2D eigenvalue weighted by atomic mass is 9.92. The molecule has 5 nitrogen and oxygen atoms in total. The number of halogens is 1. The van der Waals surface area contributed by atoms with Gasteiger partial charge in [0.15, 0.2) is 0 Å². The van der Waals surface area contributed by atoms with Gasteiger partial charge in [-0.2, -0.15) is 0 Å². The molecule has 0 aliphatic carbocycles. The Morgan fingerprint density at radius 3 is 2.78 bits per heavy atom. The predicted molar refractivity (Wildman–Crippen MR) is 88.4 cm³/mol. The van der Waals surface area contributed by atoms with E-state index in [1.165, 1.54) is 0 Å². The van der Waals surface area contributed by atoms with Gasteiger partial charge in [-0.25, -0.2) is 4.79 Å². The summed E-state index contributed by atoms with van der Waals surface area (Å²) in [5.74, 6) is 0.473. The number of likely N-dealkylation sites (tertiary alicyclic amines) is 1. The molecule has 2 aliphatic heterocycles. The second-order valence-corrected chi connectivity index (χ2v) is 6.82. The molecule has 6 heteroatoms.